The Morgan fingerprint density at radius 2 is 1.63 bits per heavy atom. The first-order valence-corrected chi connectivity index (χ1v) is 8.85. The number of methoxy groups -OCH3 is 2. The van der Waals surface area contributed by atoms with E-state index in [9.17, 15) is 27.6 Å². The maximum Gasteiger partial charge on any atom is 0.416 e. The van der Waals surface area contributed by atoms with E-state index in [0.29, 0.717) is 18.4 Å². The molecule has 2 aromatic carbocycles. The SMILES string of the molecule is CCCc1cc(C(F)(F)F)ccc1Oc1ccc(C(=O)OC)c(C(=O)C(=O)OC)c1. The van der Waals surface area contributed by atoms with Crippen molar-refractivity contribution in [3.8, 4) is 11.5 Å². The number of Topliss-reactive ketones (excluding diaryl/α,β-unsaturated/α-hetero) is 1. The number of alkyl halides is 3. The number of hydrogen-bond acceptors (Lipinski definition) is 6. The van der Waals surface area contributed by atoms with Gasteiger partial charge in [-0.25, -0.2) is 9.59 Å². The highest BCUT2D eigenvalue weighted by atomic mass is 19.4. The summed E-state index contributed by atoms with van der Waals surface area (Å²) in [6.45, 7) is 1.81. The Hall–Kier alpha value is -3.36. The average molecular weight is 424 g/mol. The molecule has 0 aliphatic carbocycles. The van der Waals surface area contributed by atoms with Gasteiger partial charge in [0.15, 0.2) is 0 Å². The van der Waals surface area contributed by atoms with Crippen molar-refractivity contribution in [1.82, 2.24) is 0 Å². The number of aryl methyl sites for hydroxylation is 1. The number of esters is 2. The zero-order valence-corrected chi connectivity index (χ0v) is 16.5. The Balaban J connectivity index is 2.49. The fourth-order valence-corrected chi connectivity index (χ4v) is 2.71. The van der Waals surface area contributed by atoms with Crippen LogP contribution in [0.25, 0.3) is 0 Å². The third-order valence-corrected chi connectivity index (χ3v) is 4.15. The van der Waals surface area contributed by atoms with Crippen molar-refractivity contribution in [3.63, 3.8) is 0 Å². The lowest BCUT2D eigenvalue weighted by atomic mass is 10.0. The molecule has 0 spiro atoms. The first kappa shape index (κ1) is 22.9. The van der Waals surface area contributed by atoms with Gasteiger partial charge in [-0.15, -0.1) is 0 Å². The molecule has 9 heteroatoms. The van der Waals surface area contributed by atoms with Gasteiger partial charge in [-0.05, 0) is 48.4 Å². The number of halogens is 3. The highest BCUT2D eigenvalue weighted by molar-refractivity contribution is 6.42. The normalized spacial score (nSPS) is 11.0. The van der Waals surface area contributed by atoms with Crippen LogP contribution in [0.4, 0.5) is 13.2 Å². The molecule has 30 heavy (non-hydrogen) atoms. The van der Waals surface area contributed by atoms with Gasteiger partial charge in [0.25, 0.3) is 5.78 Å². The fraction of sp³-hybridized carbons (Fsp3) is 0.286. The summed E-state index contributed by atoms with van der Waals surface area (Å²) in [5.74, 6) is -2.93. The van der Waals surface area contributed by atoms with E-state index in [1.165, 1.54) is 18.2 Å². The molecule has 0 aliphatic rings. The summed E-state index contributed by atoms with van der Waals surface area (Å²) < 4.78 is 53.7. The van der Waals surface area contributed by atoms with E-state index < -0.39 is 29.5 Å². The van der Waals surface area contributed by atoms with Crippen LogP contribution in [0.2, 0.25) is 0 Å². The molecule has 0 radical (unpaired) electrons. The van der Waals surface area contributed by atoms with Crippen LogP contribution >= 0.6 is 0 Å². The maximum atomic E-state index is 13.0. The summed E-state index contributed by atoms with van der Waals surface area (Å²) in [6, 6.07) is 6.78. The highest BCUT2D eigenvalue weighted by Crippen LogP contribution is 2.35. The first-order chi connectivity index (χ1) is 14.1. The van der Waals surface area contributed by atoms with Crippen LogP contribution in [0.5, 0.6) is 11.5 Å². The molecule has 0 aliphatic heterocycles. The second kappa shape index (κ2) is 9.43. The van der Waals surface area contributed by atoms with Gasteiger partial charge in [0, 0.05) is 5.56 Å². The molecule has 0 aromatic heterocycles. The van der Waals surface area contributed by atoms with Crippen molar-refractivity contribution in [3.05, 3.63) is 58.7 Å². The fourth-order valence-electron chi connectivity index (χ4n) is 2.71. The molecule has 0 heterocycles. The molecular formula is C21H19F3O6. The molecule has 160 valence electrons. The van der Waals surface area contributed by atoms with Crippen molar-refractivity contribution in [2.75, 3.05) is 14.2 Å². The molecule has 0 saturated heterocycles. The van der Waals surface area contributed by atoms with Gasteiger partial charge in [0.2, 0.25) is 0 Å². The standard InChI is InChI=1S/C21H19F3O6/c1-4-5-12-10-13(21(22,23)24)6-9-17(12)30-14-7-8-15(19(26)28-2)16(11-14)18(25)20(27)29-3/h6-11H,4-5H2,1-3H3. The van der Waals surface area contributed by atoms with Crippen molar-refractivity contribution in [2.45, 2.75) is 25.9 Å². The zero-order valence-electron chi connectivity index (χ0n) is 16.5. The van der Waals surface area contributed by atoms with Gasteiger partial charge in [0.1, 0.15) is 11.5 Å². The molecule has 0 amide bonds. The van der Waals surface area contributed by atoms with Gasteiger partial charge < -0.3 is 14.2 Å². The molecule has 0 saturated carbocycles. The lowest BCUT2D eigenvalue weighted by Crippen LogP contribution is -2.19. The second-order valence-electron chi connectivity index (χ2n) is 6.19. The van der Waals surface area contributed by atoms with E-state index in [0.717, 1.165) is 32.4 Å². The van der Waals surface area contributed by atoms with E-state index in [1.54, 1.807) is 0 Å². The number of benzene rings is 2. The van der Waals surface area contributed by atoms with E-state index in [2.05, 4.69) is 9.47 Å². The summed E-state index contributed by atoms with van der Waals surface area (Å²) >= 11 is 0. The molecular weight excluding hydrogens is 405 g/mol. The highest BCUT2D eigenvalue weighted by Gasteiger charge is 2.31. The molecule has 2 rings (SSSR count). The second-order valence-corrected chi connectivity index (χ2v) is 6.19. The number of rotatable bonds is 7. The smallest absolute Gasteiger partial charge is 0.416 e. The molecule has 0 fully saturated rings. The van der Waals surface area contributed by atoms with Crippen LogP contribution < -0.4 is 4.74 Å². The summed E-state index contributed by atoms with van der Waals surface area (Å²) in [7, 11) is 2.12. The Morgan fingerprint density at radius 1 is 0.933 bits per heavy atom. The minimum atomic E-state index is -4.50. The van der Waals surface area contributed by atoms with Crippen LogP contribution in [0.1, 0.15) is 45.2 Å². The predicted octanol–water partition coefficient (Wildman–Crippen LogP) is 4.59. The summed E-state index contributed by atoms with van der Waals surface area (Å²) in [4.78, 5) is 35.8. The van der Waals surface area contributed by atoms with Gasteiger partial charge in [-0.3, -0.25) is 4.79 Å². The largest absolute Gasteiger partial charge is 0.465 e. The third kappa shape index (κ3) is 5.16. The van der Waals surface area contributed by atoms with Gasteiger partial charge in [-0.1, -0.05) is 13.3 Å². The molecule has 0 unspecified atom stereocenters. The average Bonchev–Trinajstić information content (AvgIpc) is 2.72. The minimum Gasteiger partial charge on any atom is -0.465 e. The Morgan fingerprint density at radius 3 is 2.20 bits per heavy atom. The van der Waals surface area contributed by atoms with Gasteiger partial charge >= 0.3 is 18.1 Å². The summed E-state index contributed by atoms with van der Waals surface area (Å²) in [5.41, 5.74) is -0.970. The van der Waals surface area contributed by atoms with E-state index in [-0.39, 0.29) is 22.6 Å². The summed E-state index contributed by atoms with van der Waals surface area (Å²) in [6.07, 6.45) is -3.60. The third-order valence-electron chi connectivity index (χ3n) is 4.15. The number of hydrogen-bond donors (Lipinski definition) is 0. The zero-order chi connectivity index (χ0) is 22.5. The van der Waals surface area contributed by atoms with Crippen molar-refractivity contribution in [1.29, 1.82) is 0 Å². The minimum absolute atomic E-state index is 0.0482. The summed E-state index contributed by atoms with van der Waals surface area (Å²) in [5, 5.41) is 0. The van der Waals surface area contributed by atoms with Crippen LogP contribution in [0, 0.1) is 0 Å². The number of carbonyl (C=O) groups is 3. The molecule has 0 atom stereocenters. The Labute approximate surface area is 170 Å². The van der Waals surface area contributed by atoms with Crippen LogP contribution in [-0.2, 0) is 26.9 Å². The number of ketones is 1. The maximum absolute atomic E-state index is 13.0. The molecule has 0 N–H and O–H groups in total. The molecule has 6 nitrogen and oxygen atoms in total. The Bertz CT molecular complexity index is 966. The number of carbonyl (C=O) groups excluding carboxylic acids is 3. The van der Waals surface area contributed by atoms with Gasteiger partial charge in [-0.2, -0.15) is 13.2 Å². The number of ether oxygens (including phenoxy) is 3. The van der Waals surface area contributed by atoms with E-state index >= 15 is 0 Å². The van der Waals surface area contributed by atoms with E-state index in [1.807, 2.05) is 6.92 Å². The lowest BCUT2D eigenvalue weighted by molar-refractivity contribution is -0.137. The van der Waals surface area contributed by atoms with Crippen LogP contribution in [-0.4, -0.2) is 31.9 Å². The topological polar surface area (TPSA) is 78.9 Å². The van der Waals surface area contributed by atoms with Crippen molar-refractivity contribution >= 4 is 17.7 Å². The van der Waals surface area contributed by atoms with Crippen molar-refractivity contribution in [2.24, 2.45) is 0 Å². The van der Waals surface area contributed by atoms with Crippen LogP contribution in [0.3, 0.4) is 0 Å². The predicted molar refractivity (Wildman–Crippen MR) is 99.6 cm³/mol. The quantitative estimate of drug-likeness (QED) is 0.367. The monoisotopic (exact) mass is 424 g/mol. The first-order valence-electron chi connectivity index (χ1n) is 8.85. The van der Waals surface area contributed by atoms with Crippen LogP contribution in [0.15, 0.2) is 36.4 Å². The van der Waals surface area contributed by atoms with E-state index in [4.69, 9.17) is 4.74 Å². The van der Waals surface area contributed by atoms with Gasteiger partial charge in [0.05, 0.1) is 25.3 Å². The lowest BCUT2D eigenvalue weighted by Gasteiger charge is -2.15. The molecule has 2 aromatic rings. The molecule has 0 bridgehead atoms. The van der Waals surface area contributed by atoms with Crippen molar-refractivity contribution < 1.29 is 41.8 Å². The Kier molecular flexibility index (Phi) is 7.20.